The van der Waals surface area contributed by atoms with Crippen LogP contribution in [0.1, 0.15) is 37.3 Å². The molecule has 1 aliphatic rings. The summed E-state index contributed by atoms with van der Waals surface area (Å²) in [7, 11) is 1.67. The SMILES string of the molecule is Cn1ccc(-c2cc(C(F)(F)F)c3c(=O)[nH]c(=S)n(C4CCCC4)c3n2)n1. The minimum Gasteiger partial charge on any atom is -0.299 e. The molecule has 0 amide bonds. The zero-order valence-corrected chi connectivity index (χ0v) is 15.2. The highest BCUT2D eigenvalue weighted by Crippen LogP contribution is 2.37. The zero-order valence-electron chi connectivity index (χ0n) is 14.4. The lowest BCUT2D eigenvalue weighted by atomic mass is 10.1. The number of nitrogens with zero attached hydrogens (tertiary/aromatic N) is 4. The summed E-state index contributed by atoms with van der Waals surface area (Å²) in [6.45, 7) is 0. The fraction of sp³-hybridized carbons (Fsp3) is 0.412. The third-order valence-electron chi connectivity index (χ3n) is 4.87. The van der Waals surface area contributed by atoms with Gasteiger partial charge < -0.3 is 0 Å². The standard InChI is InChI=1S/C17H16F3N5OS/c1-24-7-6-11(23-24)12-8-10(17(18,19)20)13-14(21-12)25(9-4-2-3-5-9)16(27)22-15(13)26/h6-9H,2-5H2,1H3,(H,22,26,27). The molecule has 1 aliphatic carbocycles. The van der Waals surface area contributed by atoms with Gasteiger partial charge in [-0.1, -0.05) is 12.8 Å². The molecule has 1 fully saturated rings. The number of hydrogen-bond acceptors (Lipinski definition) is 4. The molecule has 1 N–H and O–H groups in total. The smallest absolute Gasteiger partial charge is 0.299 e. The molecule has 0 spiro atoms. The van der Waals surface area contributed by atoms with Crippen LogP contribution in [0.2, 0.25) is 0 Å². The number of alkyl halides is 3. The highest BCUT2D eigenvalue weighted by Gasteiger charge is 2.36. The van der Waals surface area contributed by atoms with E-state index in [9.17, 15) is 18.0 Å². The lowest BCUT2D eigenvalue weighted by Crippen LogP contribution is -2.22. The number of rotatable bonds is 2. The number of aromatic amines is 1. The second kappa shape index (κ2) is 6.29. The Balaban J connectivity index is 2.13. The Hall–Kier alpha value is -2.49. The van der Waals surface area contributed by atoms with Crippen LogP contribution in [-0.4, -0.2) is 24.3 Å². The monoisotopic (exact) mass is 395 g/mol. The number of pyridine rings is 1. The van der Waals surface area contributed by atoms with Gasteiger partial charge in [0.05, 0.1) is 16.6 Å². The molecule has 27 heavy (non-hydrogen) atoms. The summed E-state index contributed by atoms with van der Waals surface area (Å²) >= 11 is 5.27. The predicted octanol–water partition coefficient (Wildman–Crippen LogP) is 3.99. The Kier molecular flexibility index (Phi) is 4.17. The molecular weight excluding hydrogens is 379 g/mol. The molecule has 142 valence electrons. The molecule has 0 radical (unpaired) electrons. The van der Waals surface area contributed by atoms with Gasteiger partial charge >= 0.3 is 6.18 Å². The second-order valence-electron chi connectivity index (χ2n) is 6.69. The van der Waals surface area contributed by atoms with E-state index >= 15 is 0 Å². The maximum Gasteiger partial charge on any atom is 0.417 e. The fourth-order valence-electron chi connectivity index (χ4n) is 3.65. The van der Waals surface area contributed by atoms with E-state index < -0.39 is 22.7 Å². The summed E-state index contributed by atoms with van der Waals surface area (Å²) in [5.41, 5.74) is -1.59. The summed E-state index contributed by atoms with van der Waals surface area (Å²) in [4.78, 5) is 19.2. The van der Waals surface area contributed by atoms with E-state index in [0.29, 0.717) is 5.69 Å². The third-order valence-corrected chi connectivity index (χ3v) is 5.16. The first-order valence-corrected chi connectivity index (χ1v) is 8.93. The van der Waals surface area contributed by atoms with Gasteiger partial charge in [0.1, 0.15) is 11.3 Å². The van der Waals surface area contributed by atoms with Crippen molar-refractivity contribution in [3.05, 3.63) is 39.0 Å². The van der Waals surface area contributed by atoms with Crippen molar-refractivity contribution in [2.45, 2.75) is 37.9 Å². The van der Waals surface area contributed by atoms with E-state index in [1.807, 2.05) is 0 Å². The van der Waals surface area contributed by atoms with Crippen LogP contribution in [0.3, 0.4) is 0 Å². The summed E-state index contributed by atoms with van der Waals surface area (Å²) in [6, 6.07) is 2.38. The molecule has 0 bridgehead atoms. The van der Waals surface area contributed by atoms with Crippen LogP contribution in [0.15, 0.2) is 23.1 Å². The minimum absolute atomic E-state index is 0.0360. The molecule has 6 nitrogen and oxygen atoms in total. The molecular formula is C17H16F3N5OS. The summed E-state index contributed by atoms with van der Waals surface area (Å²) in [5.74, 6) is 0. The van der Waals surface area contributed by atoms with Crippen molar-refractivity contribution in [2.75, 3.05) is 0 Å². The van der Waals surface area contributed by atoms with E-state index in [2.05, 4.69) is 15.1 Å². The van der Waals surface area contributed by atoms with Crippen LogP contribution in [0.4, 0.5) is 13.2 Å². The Labute approximate surface area is 156 Å². The summed E-state index contributed by atoms with van der Waals surface area (Å²) in [6.07, 6.45) is 0.390. The van der Waals surface area contributed by atoms with E-state index in [1.54, 1.807) is 23.9 Å². The predicted molar refractivity (Wildman–Crippen MR) is 95.9 cm³/mol. The van der Waals surface area contributed by atoms with Crippen molar-refractivity contribution in [1.29, 1.82) is 0 Å². The van der Waals surface area contributed by atoms with Crippen LogP contribution < -0.4 is 5.56 Å². The second-order valence-corrected chi connectivity index (χ2v) is 7.08. The molecule has 4 rings (SSSR count). The molecule has 0 aliphatic heterocycles. The number of fused-ring (bicyclic) bond motifs is 1. The Morgan fingerprint density at radius 3 is 2.56 bits per heavy atom. The Bertz CT molecular complexity index is 1140. The van der Waals surface area contributed by atoms with Crippen LogP contribution in [0.25, 0.3) is 22.4 Å². The lowest BCUT2D eigenvalue weighted by Gasteiger charge is -2.19. The van der Waals surface area contributed by atoms with Crippen LogP contribution in [0, 0.1) is 4.77 Å². The molecule has 0 aromatic carbocycles. The average molecular weight is 395 g/mol. The number of aromatic nitrogens is 5. The molecule has 1 saturated carbocycles. The highest BCUT2D eigenvalue weighted by atomic mass is 32.1. The molecule has 3 heterocycles. The Morgan fingerprint density at radius 1 is 1.26 bits per heavy atom. The number of hydrogen-bond donors (Lipinski definition) is 1. The van der Waals surface area contributed by atoms with Crippen molar-refractivity contribution in [3.8, 4) is 11.4 Å². The van der Waals surface area contributed by atoms with Gasteiger partial charge in [-0.25, -0.2) is 4.98 Å². The number of H-pyrrole nitrogens is 1. The number of nitrogens with one attached hydrogen (secondary N) is 1. The quantitative estimate of drug-likeness (QED) is 0.667. The number of halogens is 3. The fourth-order valence-corrected chi connectivity index (χ4v) is 3.98. The first-order valence-electron chi connectivity index (χ1n) is 8.52. The summed E-state index contributed by atoms with van der Waals surface area (Å²) in [5, 5.41) is 3.66. The van der Waals surface area contributed by atoms with E-state index in [1.165, 1.54) is 4.68 Å². The zero-order chi connectivity index (χ0) is 19.3. The highest BCUT2D eigenvalue weighted by molar-refractivity contribution is 7.71. The molecule has 0 atom stereocenters. The van der Waals surface area contributed by atoms with Crippen molar-refractivity contribution in [1.82, 2.24) is 24.3 Å². The van der Waals surface area contributed by atoms with Crippen molar-refractivity contribution < 1.29 is 13.2 Å². The molecule has 3 aromatic heterocycles. The topological polar surface area (TPSA) is 68.5 Å². The van der Waals surface area contributed by atoms with Crippen LogP contribution >= 0.6 is 12.2 Å². The van der Waals surface area contributed by atoms with E-state index in [0.717, 1.165) is 31.7 Å². The normalized spacial score (nSPS) is 15.7. The van der Waals surface area contributed by atoms with E-state index in [4.69, 9.17) is 12.2 Å². The third kappa shape index (κ3) is 3.07. The molecule has 3 aromatic rings. The number of aryl methyl sites for hydroxylation is 1. The van der Waals surface area contributed by atoms with Crippen molar-refractivity contribution >= 4 is 23.3 Å². The van der Waals surface area contributed by atoms with Crippen molar-refractivity contribution in [2.24, 2.45) is 7.05 Å². The summed E-state index contributed by atoms with van der Waals surface area (Å²) < 4.78 is 44.4. The maximum absolute atomic E-state index is 13.8. The largest absolute Gasteiger partial charge is 0.417 e. The maximum atomic E-state index is 13.8. The molecule has 10 heteroatoms. The Morgan fingerprint density at radius 2 is 1.96 bits per heavy atom. The van der Waals surface area contributed by atoms with E-state index in [-0.39, 0.29) is 22.2 Å². The average Bonchev–Trinajstić information content (AvgIpc) is 3.24. The van der Waals surface area contributed by atoms with Gasteiger partial charge in [0.2, 0.25) is 0 Å². The first kappa shape index (κ1) is 17.9. The van der Waals surface area contributed by atoms with Crippen LogP contribution in [0.5, 0.6) is 0 Å². The lowest BCUT2D eigenvalue weighted by molar-refractivity contribution is -0.136. The van der Waals surface area contributed by atoms with Crippen molar-refractivity contribution in [3.63, 3.8) is 0 Å². The first-order chi connectivity index (χ1) is 12.8. The molecule has 0 unspecified atom stereocenters. The van der Waals surface area contributed by atoms with Gasteiger partial charge in [-0.15, -0.1) is 0 Å². The molecule has 0 saturated heterocycles. The van der Waals surface area contributed by atoms with Gasteiger partial charge in [-0.2, -0.15) is 18.3 Å². The van der Waals surface area contributed by atoms with Gasteiger partial charge in [-0.05, 0) is 37.2 Å². The van der Waals surface area contributed by atoms with Gasteiger partial charge in [0.25, 0.3) is 5.56 Å². The van der Waals surface area contributed by atoms with Gasteiger partial charge in [-0.3, -0.25) is 19.0 Å². The minimum atomic E-state index is -4.71. The van der Waals surface area contributed by atoms with Gasteiger partial charge in [0.15, 0.2) is 4.77 Å². The van der Waals surface area contributed by atoms with Gasteiger partial charge in [0, 0.05) is 19.3 Å². The van der Waals surface area contributed by atoms with Crippen LogP contribution in [-0.2, 0) is 13.2 Å².